The molecule has 2 N–H and O–H groups in total. The minimum atomic E-state index is -0.100. The van der Waals surface area contributed by atoms with Crippen molar-refractivity contribution >= 4 is 0 Å². The summed E-state index contributed by atoms with van der Waals surface area (Å²) < 4.78 is 5.26. The molecule has 0 radical (unpaired) electrons. The first kappa shape index (κ1) is 17.2. The Balaban J connectivity index is 1.73. The number of methoxy groups -OCH3 is 1. The van der Waals surface area contributed by atoms with Crippen LogP contribution in [0.25, 0.3) is 0 Å². The van der Waals surface area contributed by atoms with Crippen molar-refractivity contribution in [2.75, 3.05) is 33.4 Å². The summed E-state index contributed by atoms with van der Waals surface area (Å²) in [5.74, 6) is 0.899. The minimum absolute atomic E-state index is 0.100. The molecule has 0 aliphatic heterocycles. The van der Waals surface area contributed by atoms with E-state index in [2.05, 4.69) is 24.1 Å². The van der Waals surface area contributed by atoms with Crippen LogP contribution in [0.1, 0.15) is 52.4 Å². The Kier molecular flexibility index (Phi) is 6.48. The van der Waals surface area contributed by atoms with Crippen molar-refractivity contribution in [2.45, 2.75) is 70.0 Å². The van der Waals surface area contributed by atoms with Crippen LogP contribution in [0.2, 0.25) is 0 Å². The zero-order chi connectivity index (χ0) is 15.3. The van der Waals surface area contributed by atoms with E-state index in [0.29, 0.717) is 12.1 Å². The van der Waals surface area contributed by atoms with Crippen LogP contribution in [0, 0.1) is 5.92 Å². The largest absolute Gasteiger partial charge is 0.394 e. The standard InChI is InChI=1S/C17H34N2O2/c1-14(15-5-6-15)19(11-12-21-3)10-4-9-17(2,13-20)18-16-7-8-16/h14-16,18,20H,4-13H2,1-3H3. The molecule has 0 heterocycles. The van der Waals surface area contributed by atoms with Crippen LogP contribution in [-0.2, 0) is 4.74 Å². The fourth-order valence-corrected chi connectivity index (χ4v) is 3.19. The number of hydrogen-bond acceptors (Lipinski definition) is 4. The third-order valence-corrected chi connectivity index (χ3v) is 5.12. The first-order valence-corrected chi connectivity index (χ1v) is 8.69. The predicted octanol–water partition coefficient (Wildman–Crippen LogP) is 2.02. The van der Waals surface area contributed by atoms with E-state index in [9.17, 15) is 5.11 Å². The van der Waals surface area contributed by atoms with Crippen LogP contribution in [0.3, 0.4) is 0 Å². The third-order valence-electron chi connectivity index (χ3n) is 5.12. The number of rotatable bonds is 12. The summed E-state index contributed by atoms with van der Waals surface area (Å²) in [4.78, 5) is 2.58. The van der Waals surface area contributed by atoms with Crippen LogP contribution in [0.4, 0.5) is 0 Å². The Morgan fingerprint density at radius 2 is 2.00 bits per heavy atom. The van der Waals surface area contributed by atoms with Gasteiger partial charge >= 0.3 is 0 Å². The van der Waals surface area contributed by atoms with Gasteiger partial charge < -0.3 is 15.2 Å². The minimum Gasteiger partial charge on any atom is -0.394 e. The van der Waals surface area contributed by atoms with Gasteiger partial charge in [0, 0.05) is 31.3 Å². The number of ether oxygens (including phenoxy) is 1. The lowest BCUT2D eigenvalue weighted by atomic mass is 9.96. The molecule has 2 aliphatic rings. The van der Waals surface area contributed by atoms with Crippen LogP contribution in [0.5, 0.6) is 0 Å². The average molecular weight is 298 g/mol. The van der Waals surface area contributed by atoms with Crippen LogP contribution in [-0.4, -0.2) is 61.0 Å². The summed E-state index contributed by atoms with van der Waals surface area (Å²) in [6, 6.07) is 1.33. The number of hydrogen-bond donors (Lipinski definition) is 2. The number of nitrogens with one attached hydrogen (secondary N) is 1. The van der Waals surface area contributed by atoms with Crippen LogP contribution < -0.4 is 5.32 Å². The SMILES string of the molecule is COCCN(CCCC(C)(CO)NC1CC1)C(C)C1CC1. The van der Waals surface area contributed by atoms with E-state index in [0.717, 1.165) is 38.5 Å². The molecule has 0 saturated heterocycles. The zero-order valence-corrected chi connectivity index (χ0v) is 14.1. The van der Waals surface area contributed by atoms with E-state index in [1.54, 1.807) is 7.11 Å². The number of aliphatic hydroxyl groups excluding tert-OH is 1. The monoisotopic (exact) mass is 298 g/mol. The molecule has 2 fully saturated rings. The van der Waals surface area contributed by atoms with Gasteiger partial charge in [0.15, 0.2) is 0 Å². The molecule has 0 aromatic rings. The molecule has 4 heteroatoms. The van der Waals surface area contributed by atoms with Gasteiger partial charge in [-0.3, -0.25) is 4.90 Å². The van der Waals surface area contributed by atoms with Gasteiger partial charge in [-0.05, 0) is 64.8 Å². The molecule has 2 saturated carbocycles. The fourth-order valence-electron chi connectivity index (χ4n) is 3.19. The van der Waals surface area contributed by atoms with E-state index in [-0.39, 0.29) is 12.1 Å². The molecule has 0 bridgehead atoms. The van der Waals surface area contributed by atoms with Gasteiger partial charge in [0.2, 0.25) is 0 Å². The maximum Gasteiger partial charge on any atom is 0.0610 e. The molecular weight excluding hydrogens is 264 g/mol. The summed E-state index contributed by atoms with van der Waals surface area (Å²) in [6.45, 7) is 7.72. The molecule has 21 heavy (non-hydrogen) atoms. The molecule has 4 nitrogen and oxygen atoms in total. The second-order valence-corrected chi connectivity index (χ2v) is 7.35. The number of nitrogens with zero attached hydrogens (tertiary/aromatic N) is 1. The van der Waals surface area contributed by atoms with E-state index < -0.39 is 0 Å². The van der Waals surface area contributed by atoms with E-state index >= 15 is 0 Å². The molecule has 0 aromatic heterocycles. The summed E-state index contributed by atoms with van der Waals surface area (Å²) in [7, 11) is 1.78. The van der Waals surface area contributed by atoms with Crippen molar-refractivity contribution in [3.63, 3.8) is 0 Å². The Morgan fingerprint density at radius 3 is 2.52 bits per heavy atom. The molecule has 2 atom stereocenters. The van der Waals surface area contributed by atoms with Gasteiger partial charge in [0.25, 0.3) is 0 Å². The van der Waals surface area contributed by atoms with Crippen molar-refractivity contribution in [3.8, 4) is 0 Å². The Morgan fingerprint density at radius 1 is 1.29 bits per heavy atom. The van der Waals surface area contributed by atoms with E-state index in [1.807, 2.05) is 0 Å². The molecule has 124 valence electrons. The molecule has 2 aliphatic carbocycles. The first-order valence-electron chi connectivity index (χ1n) is 8.69. The van der Waals surface area contributed by atoms with Gasteiger partial charge in [-0.1, -0.05) is 0 Å². The predicted molar refractivity (Wildman–Crippen MR) is 86.5 cm³/mol. The Labute approximate surface area is 130 Å². The molecule has 0 aromatic carbocycles. The summed E-state index contributed by atoms with van der Waals surface area (Å²) >= 11 is 0. The fraction of sp³-hybridized carbons (Fsp3) is 1.00. The molecule has 0 spiro atoms. The Hall–Kier alpha value is -0.160. The Bertz CT molecular complexity index is 305. The first-order chi connectivity index (χ1) is 10.1. The second-order valence-electron chi connectivity index (χ2n) is 7.35. The van der Waals surface area contributed by atoms with Crippen LogP contribution >= 0.6 is 0 Å². The summed E-state index contributed by atoms with van der Waals surface area (Å²) in [5.41, 5.74) is -0.100. The normalized spacial score (nSPS) is 23.3. The third kappa shape index (κ3) is 5.85. The van der Waals surface area contributed by atoms with Crippen LogP contribution in [0.15, 0.2) is 0 Å². The number of aliphatic hydroxyl groups is 1. The van der Waals surface area contributed by atoms with Crippen molar-refractivity contribution in [1.82, 2.24) is 10.2 Å². The summed E-state index contributed by atoms with van der Waals surface area (Å²) in [5, 5.41) is 13.3. The summed E-state index contributed by atoms with van der Waals surface area (Å²) in [6.07, 6.45) is 7.51. The lowest BCUT2D eigenvalue weighted by Gasteiger charge is -2.32. The smallest absolute Gasteiger partial charge is 0.0610 e. The van der Waals surface area contributed by atoms with Gasteiger partial charge in [0.05, 0.1) is 13.2 Å². The van der Waals surface area contributed by atoms with E-state index in [1.165, 1.54) is 25.7 Å². The second kappa shape index (κ2) is 7.91. The van der Waals surface area contributed by atoms with Gasteiger partial charge in [-0.15, -0.1) is 0 Å². The van der Waals surface area contributed by atoms with Crippen molar-refractivity contribution in [2.24, 2.45) is 5.92 Å². The maximum atomic E-state index is 9.68. The topological polar surface area (TPSA) is 44.7 Å². The highest BCUT2D eigenvalue weighted by atomic mass is 16.5. The molecular formula is C17H34N2O2. The molecule has 2 rings (SSSR count). The van der Waals surface area contributed by atoms with Crippen molar-refractivity contribution < 1.29 is 9.84 Å². The lowest BCUT2D eigenvalue weighted by Crippen LogP contribution is -2.47. The lowest BCUT2D eigenvalue weighted by molar-refractivity contribution is 0.107. The molecule has 2 unspecified atom stereocenters. The highest BCUT2D eigenvalue weighted by molar-refractivity contribution is 4.92. The van der Waals surface area contributed by atoms with Gasteiger partial charge in [0.1, 0.15) is 0 Å². The van der Waals surface area contributed by atoms with Crippen molar-refractivity contribution in [3.05, 3.63) is 0 Å². The van der Waals surface area contributed by atoms with Gasteiger partial charge in [-0.2, -0.15) is 0 Å². The van der Waals surface area contributed by atoms with Gasteiger partial charge in [-0.25, -0.2) is 0 Å². The quantitative estimate of drug-likeness (QED) is 0.578. The maximum absolute atomic E-state index is 9.68. The molecule has 0 amide bonds. The highest BCUT2D eigenvalue weighted by Crippen LogP contribution is 2.35. The highest BCUT2D eigenvalue weighted by Gasteiger charge is 2.33. The van der Waals surface area contributed by atoms with Crippen molar-refractivity contribution in [1.29, 1.82) is 0 Å². The van der Waals surface area contributed by atoms with E-state index in [4.69, 9.17) is 4.74 Å². The zero-order valence-electron chi connectivity index (χ0n) is 14.1. The average Bonchev–Trinajstić information content (AvgIpc) is 3.35.